The van der Waals surface area contributed by atoms with Crippen molar-refractivity contribution < 1.29 is 19.4 Å². The number of rotatable bonds is 11. The van der Waals surface area contributed by atoms with Crippen LogP contribution in [-0.4, -0.2) is 53.8 Å². The molecule has 4 aromatic rings. The van der Waals surface area contributed by atoms with Gasteiger partial charge in [-0.05, 0) is 69.4 Å². The lowest BCUT2D eigenvalue weighted by Crippen LogP contribution is -2.45. The number of para-hydroxylation sites is 2. The first-order valence-electron chi connectivity index (χ1n) is 12.5. The minimum atomic E-state index is -1.04. The van der Waals surface area contributed by atoms with E-state index in [1.54, 1.807) is 38.1 Å². The SMILES string of the molecule is CC(C)(O)CC[C@H](C[C@H](O)[C@H](Cc1cccc(F)c1)NC(=O)c1cnc2ccccc2n1)c1ncc(Cl)[nH]1. The number of hydrogen-bond donors (Lipinski definition) is 4. The number of aliphatic hydroxyl groups excluding tert-OH is 1. The van der Waals surface area contributed by atoms with Gasteiger partial charge in [-0.3, -0.25) is 9.78 Å². The smallest absolute Gasteiger partial charge is 0.271 e. The van der Waals surface area contributed by atoms with Crippen LogP contribution in [0.3, 0.4) is 0 Å². The number of aromatic nitrogens is 4. The molecule has 0 unspecified atom stereocenters. The van der Waals surface area contributed by atoms with Crippen LogP contribution >= 0.6 is 11.6 Å². The number of amides is 1. The molecule has 2 aromatic heterocycles. The largest absolute Gasteiger partial charge is 0.391 e. The standard InChI is InChI=1S/C28H31ClFN5O3/c1-28(2,38)11-10-18(26-32-16-25(29)35-26)14-24(36)22(13-17-6-5-7-19(30)12-17)34-27(37)23-15-31-20-8-3-4-9-21(20)33-23/h3-9,12,15-16,18,22,24,36,38H,10-11,13-14H2,1-2H3,(H,32,35)(H,34,37)/t18-,22+,24+/m1/s1. The molecule has 200 valence electrons. The minimum absolute atomic E-state index is 0.108. The van der Waals surface area contributed by atoms with Gasteiger partial charge >= 0.3 is 0 Å². The summed E-state index contributed by atoms with van der Waals surface area (Å²) in [5.41, 5.74) is 1.05. The van der Waals surface area contributed by atoms with Gasteiger partial charge < -0.3 is 20.5 Å². The number of carbonyl (C=O) groups is 1. The summed E-state index contributed by atoms with van der Waals surface area (Å²) in [5, 5.41) is 24.9. The third kappa shape index (κ3) is 7.56. The van der Waals surface area contributed by atoms with Gasteiger partial charge in [-0.15, -0.1) is 0 Å². The summed E-state index contributed by atoms with van der Waals surface area (Å²) < 4.78 is 13.9. The van der Waals surface area contributed by atoms with E-state index >= 15 is 0 Å². The van der Waals surface area contributed by atoms with Crippen molar-refractivity contribution in [3.63, 3.8) is 0 Å². The molecular weight excluding hydrogens is 509 g/mol. The van der Waals surface area contributed by atoms with Crippen LogP contribution in [0.5, 0.6) is 0 Å². The van der Waals surface area contributed by atoms with Crippen LogP contribution in [0, 0.1) is 5.82 Å². The highest BCUT2D eigenvalue weighted by Crippen LogP contribution is 2.29. The third-order valence-corrected chi connectivity index (χ3v) is 6.58. The van der Waals surface area contributed by atoms with Crippen molar-refractivity contribution in [1.29, 1.82) is 0 Å². The molecular formula is C28H31ClFN5O3. The second kappa shape index (κ2) is 12.0. The van der Waals surface area contributed by atoms with E-state index in [0.29, 0.717) is 40.4 Å². The van der Waals surface area contributed by atoms with E-state index in [9.17, 15) is 19.4 Å². The van der Waals surface area contributed by atoms with Crippen LogP contribution in [0.15, 0.2) is 60.9 Å². The minimum Gasteiger partial charge on any atom is -0.391 e. The lowest BCUT2D eigenvalue weighted by molar-refractivity contribution is 0.0594. The molecule has 0 saturated heterocycles. The molecule has 0 bridgehead atoms. The predicted octanol–water partition coefficient (Wildman–Crippen LogP) is 4.57. The fraction of sp³-hybridized carbons (Fsp3) is 0.357. The molecule has 3 atom stereocenters. The van der Waals surface area contributed by atoms with Crippen LogP contribution < -0.4 is 5.32 Å². The van der Waals surface area contributed by atoms with Crippen LogP contribution in [0.2, 0.25) is 5.15 Å². The Morgan fingerprint density at radius 2 is 1.89 bits per heavy atom. The number of aliphatic hydroxyl groups is 2. The molecule has 2 heterocycles. The van der Waals surface area contributed by atoms with Gasteiger partial charge in [-0.2, -0.15) is 0 Å². The van der Waals surface area contributed by atoms with Crippen molar-refractivity contribution in [2.24, 2.45) is 0 Å². The zero-order chi connectivity index (χ0) is 27.3. The maximum atomic E-state index is 13.9. The first kappa shape index (κ1) is 27.6. The predicted molar refractivity (Wildman–Crippen MR) is 143 cm³/mol. The van der Waals surface area contributed by atoms with Crippen molar-refractivity contribution in [2.75, 3.05) is 0 Å². The molecule has 10 heteroatoms. The van der Waals surface area contributed by atoms with E-state index < -0.39 is 29.5 Å². The topological polar surface area (TPSA) is 124 Å². The lowest BCUT2D eigenvalue weighted by Gasteiger charge is -2.28. The molecule has 1 amide bonds. The zero-order valence-electron chi connectivity index (χ0n) is 21.2. The molecule has 0 saturated carbocycles. The molecule has 4 N–H and O–H groups in total. The van der Waals surface area contributed by atoms with E-state index in [1.165, 1.54) is 24.5 Å². The van der Waals surface area contributed by atoms with Gasteiger partial charge in [0, 0.05) is 5.92 Å². The fourth-order valence-corrected chi connectivity index (χ4v) is 4.53. The third-order valence-electron chi connectivity index (χ3n) is 6.39. The summed E-state index contributed by atoms with van der Waals surface area (Å²) in [5.74, 6) is -0.612. The Hall–Kier alpha value is -3.40. The van der Waals surface area contributed by atoms with Gasteiger partial charge in [-0.25, -0.2) is 14.4 Å². The Bertz CT molecular complexity index is 1390. The number of H-pyrrole nitrogens is 1. The van der Waals surface area contributed by atoms with Crippen molar-refractivity contribution in [3.8, 4) is 0 Å². The summed E-state index contributed by atoms with van der Waals surface area (Å²) in [7, 11) is 0. The van der Waals surface area contributed by atoms with Gasteiger partial charge in [0.05, 0.1) is 41.2 Å². The van der Waals surface area contributed by atoms with E-state index in [-0.39, 0.29) is 24.5 Å². The summed E-state index contributed by atoms with van der Waals surface area (Å²) in [6.45, 7) is 3.43. The zero-order valence-corrected chi connectivity index (χ0v) is 22.0. The molecule has 0 aliphatic carbocycles. The number of carbonyl (C=O) groups excluding carboxylic acids is 1. The molecule has 4 rings (SSSR count). The quantitative estimate of drug-likeness (QED) is 0.221. The summed E-state index contributed by atoms with van der Waals surface area (Å²) in [4.78, 5) is 29.2. The molecule has 38 heavy (non-hydrogen) atoms. The van der Waals surface area contributed by atoms with Crippen LogP contribution in [0.1, 0.15) is 60.9 Å². The lowest BCUT2D eigenvalue weighted by atomic mass is 9.87. The number of imidazole rings is 1. The number of aromatic amines is 1. The number of fused-ring (bicyclic) bond motifs is 1. The number of hydrogen-bond acceptors (Lipinski definition) is 6. The van der Waals surface area contributed by atoms with E-state index in [1.807, 2.05) is 12.1 Å². The molecule has 0 spiro atoms. The summed E-state index contributed by atoms with van der Waals surface area (Å²) >= 11 is 6.06. The Balaban J connectivity index is 1.58. The maximum absolute atomic E-state index is 13.9. The van der Waals surface area contributed by atoms with Gasteiger partial charge in [0.1, 0.15) is 22.5 Å². The molecule has 0 radical (unpaired) electrons. The molecule has 0 aliphatic heterocycles. The first-order valence-corrected chi connectivity index (χ1v) is 12.8. The van der Waals surface area contributed by atoms with Crippen molar-refractivity contribution in [1.82, 2.24) is 25.3 Å². The van der Waals surface area contributed by atoms with Gasteiger partial charge in [-0.1, -0.05) is 35.9 Å². The normalized spacial score (nSPS) is 14.3. The number of nitrogens with zero attached hydrogens (tertiary/aromatic N) is 3. The summed E-state index contributed by atoms with van der Waals surface area (Å²) in [6.07, 6.45) is 3.21. The van der Waals surface area contributed by atoms with Crippen molar-refractivity contribution in [2.45, 2.75) is 63.2 Å². The monoisotopic (exact) mass is 539 g/mol. The highest BCUT2D eigenvalue weighted by atomic mass is 35.5. The molecule has 8 nitrogen and oxygen atoms in total. The Morgan fingerprint density at radius 3 is 2.58 bits per heavy atom. The average molecular weight is 540 g/mol. The number of benzene rings is 2. The Labute approximate surface area is 225 Å². The summed E-state index contributed by atoms with van der Waals surface area (Å²) in [6, 6.07) is 12.5. The Kier molecular flexibility index (Phi) is 8.71. The van der Waals surface area contributed by atoms with Gasteiger partial charge in [0.2, 0.25) is 0 Å². The highest BCUT2D eigenvalue weighted by molar-refractivity contribution is 6.29. The molecule has 0 fully saturated rings. The van der Waals surface area contributed by atoms with Gasteiger partial charge in [0.15, 0.2) is 0 Å². The fourth-order valence-electron chi connectivity index (χ4n) is 4.38. The van der Waals surface area contributed by atoms with E-state index in [4.69, 9.17) is 11.6 Å². The van der Waals surface area contributed by atoms with Crippen molar-refractivity contribution >= 4 is 28.5 Å². The van der Waals surface area contributed by atoms with Crippen LogP contribution in [0.25, 0.3) is 11.0 Å². The molecule has 0 aliphatic rings. The maximum Gasteiger partial charge on any atom is 0.271 e. The number of halogens is 2. The Morgan fingerprint density at radius 1 is 1.13 bits per heavy atom. The second-order valence-corrected chi connectivity index (χ2v) is 10.5. The first-order chi connectivity index (χ1) is 18.1. The number of nitrogens with one attached hydrogen (secondary N) is 2. The van der Waals surface area contributed by atoms with Crippen molar-refractivity contribution in [3.05, 3.63) is 89.0 Å². The van der Waals surface area contributed by atoms with Gasteiger partial charge in [0.25, 0.3) is 5.91 Å². The van der Waals surface area contributed by atoms with Crippen LogP contribution in [0.4, 0.5) is 4.39 Å². The van der Waals surface area contributed by atoms with E-state index in [0.717, 1.165) is 0 Å². The highest BCUT2D eigenvalue weighted by Gasteiger charge is 2.29. The average Bonchev–Trinajstić information content (AvgIpc) is 3.31. The van der Waals surface area contributed by atoms with E-state index in [2.05, 4.69) is 25.3 Å². The molecule has 2 aromatic carbocycles. The second-order valence-electron chi connectivity index (χ2n) is 10.1. The van der Waals surface area contributed by atoms with Crippen LogP contribution in [-0.2, 0) is 6.42 Å².